The molecule has 6 rings (SSSR count). The third-order valence-electron chi connectivity index (χ3n) is 10.6. The molecule has 1 unspecified atom stereocenters. The maximum absolute atomic E-state index is 14.3. The van der Waals surface area contributed by atoms with Crippen LogP contribution in [0.25, 0.3) is 6.08 Å². The number of benzene rings is 1. The molecule has 1 aromatic rings. The topological polar surface area (TPSA) is 181 Å². The van der Waals surface area contributed by atoms with Crippen LogP contribution in [0.5, 0.6) is 0 Å². The number of fused-ring (bicyclic) bond motifs is 3. The molecule has 4 bridgehead atoms. The third kappa shape index (κ3) is 8.29. The molecule has 282 valence electrons. The van der Waals surface area contributed by atoms with Gasteiger partial charge in [0.1, 0.15) is 23.7 Å². The second kappa shape index (κ2) is 15.7. The molecule has 5 aliphatic rings. The largest absolute Gasteiger partial charge is 0.450 e. The highest BCUT2D eigenvalue weighted by Gasteiger charge is 2.62. The van der Waals surface area contributed by atoms with Gasteiger partial charge in [-0.2, -0.15) is 0 Å². The lowest BCUT2D eigenvalue weighted by Crippen LogP contribution is -2.58. The van der Waals surface area contributed by atoms with Crippen molar-refractivity contribution in [1.29, 1.82) is 0 Å². The molecule has 5 amide bonds. The third-order valence-corrected chi connectivity index (χ3v) is 12.4. The number of cyclic esters (lactones) is 1. The first-order chi connectivity index (χ1) is 25.0. The van der Waals surface area contributed by atoms with E-state index >= 15 is 0 Å². The number of nitrogens with one attached hydrogen (secondary N) is 3. The van der Waals surface area contributed by atoms with Crippen molar-refractivity contribution in [1.82, 2.24) is 25.2 Å². The van der Waals surface area contributed by atoms with Gasteiger partial charge in [-0.05, 0) is 61.6 Å². The van der Waals surface area contributed by atoms with Gasteiger partial charge in [-0.3, -0.25) is 24.0 Å². The monoisotopic (exact) mass is 739 g/mol. The number of amides is 5. The summed E-state index contributed by atoms with van der Waals surface area (Å²) in [5, 5.41) is 4.81. The molecule has 52 heavy (non-hydrogen) atoms. The fourth-order valence-corrected chi connectivity index (χ4v) is 8.69. The molecular weight excluding hydrogens is 691 g/mol. The summed E-state index contributed by atoms with van der Waals surface area (Å²) in [5.41, 5.74) is 1.47. The first-order valence-corrected chi connectivity index (χ1v) is 20.0. The Bertz CT molecular complexity index is 1730. The van der Waals surface area contributed by atoms with E-state index < -0.39 is 74.8 Å². The predicted octanol–water partition coefficient (Wildman–Crippen LogP) is 3.65. The van der Waals surface area contributed by atoms with E-state index in [0.717, 1.165) is 42.4 Å². The lowest BCUT2D eigenvalue weighted by molar-refractivity contribution is -0.141. The standard InChI is InChI=1S/C37H49N5O9S/c1-3-5-8-15-30-33(44)42-22-27(19-31(42)32(43)39-37(20-26(37)4-2)34(45)40-52(48,49)28-16-17-28)51-36(47)41-21-25-14-11-13-24(29(25)23-41)12-9-6-7-10-18-50-35(46)38-30/h4,9,11-14,26-28,30-31H,2-3,5-8,10,15-23H2,1H3,(H,38,46)(H,39,43)(H,40,45)/b12-9+/t26?,27-,30+,31+,37-/m1/s1. The molecule has 3 heterocycles. The Labute approximate surface area is 304 Å². The summed E-state index contributed by atoms with van der Waals surface area (Å²) < 4.78 is 38.8. The Morgan fingerprint density at radius 3 is 2.67 bits per heavy atom. The number of nitrogens with zero attached hydrogens (tertiary/aromatic N) is 2. The Balaban J connectivity index is 1.25. The first kappa shape index (κ1) is 37.4. The molecule has 3 fully saturated rings. The van der Waals surface area contributed by atoms with Gasteiger partial charge < -0.3 is 25.0 Å². The van der Waals surface area contributed by atoms with Crippen molar-refractivity contribution in [2.75, 3.05) is 13.2 Å². The molecule has 5 atom stereocenters. The van der Waals surface area contributed by atoms with E-state index in [4.69, 9.17) is 9.47 Å². The molecule has 14 nitrogen and oxygen atoms in total. The smallest absolute Gasteiger partial charge is 0.410 e. The average Bonchev–Trinajstić information content (AvgIpc) is 4.00. The van der Waals surface area contributed by atoms with Gasteiger partial charge in [-0.15, -0.1) is 6.58 Å². The van der Waals surface area contributed by atoms with Crippen molar-refractivity contribution in [2.45, 2.75) is 120 Å². The van der Waals surface area contributed by atoms with Crippen LogP contribution in [0, 0.1) is 5.92 Å². The summed E-state index contributed by atoms with van der Waals surface area (Å²) in [4.78, 5) is 71.3. The van der Waals surface area contributed by atoms with Gasteiger partial charge in [0, 0.05) is 18.9 Å². The number of hydrogen-bond acceptors (Lipinski definition) is 9. The fraction of sp³-hybridized carbons (Fsp3) is 0.595. The number of unbranched alkanes of at least 4 members (excludes halogenated alkanes) is 2. The van der Waals surface area contributed by atoms with Crippen molar-refractivity contribution in [2.24, 2.45) is 5.92 Å². The SMILES string of the molecule is C=CC1C[C@]1(NC(=O)[C@@H]1C[C@@H]2CN1C(=O)[C@H](CCCCC)NC(=O)OCCCC/C=C/c1cccc3c1CN(C3)C(=O)O2)C(=O)NS(=O)(=O)C1CC1. The van der Waals surface area contributed by atoms with Crippen LogP contribution in [-0.4, -0.2) is 90.3 Å². The highest BCUT2D eigenvalue weighted by Crippen LogP contribution is 2.45. The maximum Gasteiger partial charge on any atom is 0.410 e. The van der Waals surface area contributed by atoms with Crippen LogP contribution in [0.2, 0.25) is 0 Å². The van der Waals surface area contributed by atoms with Crippen LogP contribution in [0.3, 0.4) is 0 Å². The molecule has 15 heteroatoms. The number of alkyl carbamates (subject to hydrolysis) is 1. The molecule has 1 saturated heterocycles. The van der Waals surface area contributed by atoms with Gasteiger partial charge in [-0.1, -0.05) is 62.6 Å². The van der Waals surface area contributed by atoms with Gasteiger partial charge in [-0.25, -0.2) is 18.0 Å². The van der Waals surface area contributed by atoms with Crippen LogP contribution in [0.4, 0.5) is 9.59 Å². The average molecular weight is 740 g/mol. The summed E-state index contributed by atoms with van der Waals surface area (Å²) >= 11 is 0. The molecule has 2 saturated carbocycles. The highest BCUT2D eigenvalue weighted by atomic mass is 32.2. The summed E-state index contributed by atoms with van der Waals surface area (Å²) in [6, 6.07) is 3.71. The first-order valence-electron chi connectivity index (χ1n) is 18.4. The van der Waals surface area contributed by atoms with Crippen molar-refractivity contribution >= 4 is 46.0 Å². The van der Waals surface area contributed by atoms with E-state index in [0.29, 0.717) is 45.2 Å². The number of allylic oxidation sites excluding steroid dienone is 1. The Kier molecular flexibility index (Phi) is 11.3. The molecular formula is C37H49N5O9S. The summed E-state index contributed by atoms with van der Waals surface area (Å²) in [6.07, 6.45) is 9.12. The number of sulfonamides is 1. The van der Waals surface area contributed by atoms with Gasteiger partial charge in [0.25, 0.3) is 5.91 Å². The molecule has 0 aromatic heterocycles. The zero-order chi connectivity index (χ0) is 37.0. The minimum atomic E-state index is -3.90. The lowest BCUT2D eigenvalue weighted by Gasteiger charge is -2.29. The van der Waals surface area contributed by atoms with Gasteiger partial charge in [0.15, 0.2) is 0 Å². The lowest BCUT2D eigenvalue weighted by atomic mass is 10.0. The van der Waals surface area contributed by atoms with Crippen LogP contribution in [0.1, 0.15) is 94.2 Å². The minimum Gasteiger partial charge on any atom is -0.450 e. The van der Waals surface area contributed by atoms with Gasteiger partial charge >= 0.3 is 12.2 Å². The highest BCUT2D eigenvalue weighted by molar-refractivity contribution is 7.91. The van der Waals surface area contributed by atoms with Crippen LogP contribution < -0.4 is 15.4 Å². The quantitative estimate of drug-likeness (QED) is 0.239. The van der Waals surface area contributed by atoms with Gasteiger partial charge in [0.2, 0.25) is 21.8 Å². The second-order valence-corrected chi connectivity index (χ2v) is 16.5. The number of carbonyl (C=O) groups is 5. The minimum absolute atomic E-state index is 0.0684. The molecule has 3 N–H and O–H groups in total. The summed E-state index contributed by atoms with van der Waals surface area (Å²) in [6.45, 7) is 6.51. The number of carbonyl (C=O) groups excluding carboxylic acids is 5. The molecule has 1 aromatic carbocycles. The maximum atomic E-state index is 14.3. The Morgan fingerprint density at radius 2 is 1.94 bits per heavy atom. The Hall–Kier alpha value is -4.40. The normalized spacial score (nSPS) is 28.6. The van der Waals surface area contributed by atoms with Crippen LogP contribution >= 0.6 is 0 Å². The zero-order valence-electron chi connectivity index (χ0n) is 29.6. The van der Waals surface area contributed by atoms with Crippen molar-refractivity contribution < 1.29 is 41.9 Å². The van der Waals surface area contributed by atoms with Crippen LogP contribution in [0.15, 0.2) is 36.9 Å². The molecule has 3 aliphatic heterocycles. The van der Waals surface area contributed by atoms with Gasteiger partial charge in [0.05, 0.1) is 24.9 Å². The number of ether oxygens (including phenoxy) is 2. The van der Waals surface area contributed by atoms with E-state index in [2.05, 4.69) is 28.0 Å². The predicted molar refractivity (Wildman–Crippen MR) is 191 cm³/mol. The number of hydrogen-bond donors (Lipinski definition) is 3. The fourth-order valence-electron chi connectivity index (χ4n) is 7.32. The molecule has 2 aliphatic carbocycles. The van der Waals surface area contributed by atoms with Crippen molar-refractivity contribution in [3.05, 3.63) is 53.6 Å². The molecule has 0 spiro atoms. The van der Waals surface area contributed by atoms with Crippen molar-refractivity contribution in [3.8, 4) is 0 Å². The molecule has 0 radical (unpaired) electrons. The Morgan fingerprint density at radius 1 is 1.13 bits per heavy atom. The van der Waals surface area contributed by atoms with E-state index in [1.165, 1.54) is 11.0 Å². The summed E-state index contributed by atoms with van der Waals surface area (Å²) in [5.74, 6) is -2.63. The van der Waals surface area contributed by atoms with E-state index in [-0.39, 0.29) is 26.0 Å². The van der Waals surface area contributed by atoms with Crippen molar-refractivity contribution in [3.63, 3.8) is 0 Å². The summed E-state index contributed by atoms with van der Waals surface area (Å²) in [7, 11) is -3.90. The van der Waals surface area contributed by atoms with E-state index in [1.54, 1.807) is 4.90 Å². The van der Waals surface area contributed by atoms with E-state index in [1.807, 2.05) is 31.2 Å². The second-order valence-electron chi connectivity index (χ2n) is 14.5. The zero-order valence-corrected chi connectivity index (χ0v) is 30.5. The van der Waals surface area contributed by atoms with E-state index in [9.17, 15) is 32.4 Å². The van der Waals surface area contributed by atoms with Crippen LogP contribution in [-0.2, 0) is 47.0 Å². The number of rotatable bonds is 10.